The van der Waals surface area contributed by atoms with Crippen LogP contribution < -0.4 is 10.2 Å². The van der Waals surface area contributed by atoms with Crippen LogP contribution in [0.1, 0.15) is 11.1 Å². The number of rotatable bonds is 4. The molecule has 3 rings (SSSR count). The minimum atomic E-state index is -0.0829. The highest BCUT2D eigenvalue weighted by molar-refractivity contribution is 5.91. The molecule has 0 bridgehead atoms. The van der Waals surface area contributed by atoms with E-state index in [1.165, 1.54) is 5.56 Å². The van der Waals surface area contributed by atoms with Gasteiger partial charge in [0, 0.05) is 26.2 Å². The summed E-state index contributed by atoms with van der Waals surface area (Å²) in [5, 5.41) is 11.2. The van der Waals surface area contributed by atoms with Crippen LogP contribution in [-0.4, -0.2) is 54.2 Å². The molecule has 1 aromatic carbocycles. The molecule has 0 atom stereocenters. The largest absolute Gasteiger partial charge is 0.353 e. The lowest BCUT2D eigenvalue weighted by atomic mass is 10.1. The first kappa shape index (κ1) is 16.4. The standard InChI is InChI=1S/C18H23N5O/c1-14-3-5-15(6-4-14)13-18(24)19-16-7-8-17(21-20-16)23-11-9-22(2)10-12-23/h3-8H,9-13H2,1-2H3,(H,19,20,24). The number of aromatic nitrogens is 2. The monoisotopic (exact) mass is 325 g/mol. The van der Waals surface area contributed by atoms with E-state index in [4.69, 9.17) is 0 Å². The number of hydrogen-bond donors (Lipinski definition) is 1. The third-order valence-electron chi connectivity index (χ3n) is 4.23. The Morgan fingerprint density at radius 3 is 2.38 bits per heavy atom. The zero-order chi connectivity index (χ0) is 16.9. The van der Waals surface area contributed by atoms with Gasteiger partial charge in [0.25, 0.3) is 0 Å². The average Bonchev–Trinajstić information content (AvgIpc) is 2.58. The van der Waals surface area contributed by atoms with Crippen molar-refractivity contribution in [1.29, 1.82) is 0 Å². The van der Waals surface area contributed by atoms with E-state index in [0.29, 0.717) is 12.2 Å². The molecule has 1 aliphatic rings. The minimum absolute atomic E-state index is 0.0829. The highest BCUT2D eigenvalue weighted by Gasteiger charge is 2.15. The molecule has 2 aromatic rings. The van der Waals surface area contributed by atoms with Gasteiger partial charge in [-0.2, -0.15) is 0 Å². The van der Waals surface area contributed by atoms with Crippen LogP contribution in [0.4, 0.5) is 11.6 Å². The number of benzene rings is 1. The number of nitrogens with zero attached hydrogens (tertiary/aromatic N) is 4. The molecule has 0 spiro atoms. The topological polar surface area (TPSA) is 61.4 Å². The van der Waals surface area contributed by atoms with Crippen molar-refractivity contribution in [2.75, 3.05) is 43.4 Å². The van der Waals surface area contributed by atoms with E-state index in [9.17, 15) is 4.79 Å². The molecule has 1 fully saturated rings. The summed E-state index contributed by atoms with van der Waals surface area (Å²) in [5.74, 6) is 1.27. The Morgan fingerprint density at radius 2 is 1.75 bits per heavy atom. The molecule has 0 saturated carbocycles. The smallest absolute Gasteiger partial charge is 0.229 e. The molecule has 6 nitrogen and oxygen atoms in total. The summed E-state index contributed by atoms with van der Waals surface area (Å²) in [4.78, 5) is 16.6. The number of anilines is 2. The first-order chi connectivity index (χ1) is 11.6. The fourth-order valence-electron chi connectivity index (χ4n) is 2.67. The van der Waals surface area contributed by atoms with Gasteiger partial charge in [0.1, 0.15) is 0 Å². The van der Waals surface area contributed by atoms with Crippen molar-refractivity contribution in [2.45, 2.75) is 13.3 Å². The Morgan fingerprint density at radius 1 is 1.04 bits per heavy atom. The van der Waals surface area contributed by atoms with Crippen LogP contribution in [0.2, 0.25) is 0 Å². The second kappa shape index (κ2) is 7.40. The fourth-order valence-corrected chi connectivity index (χ4v) is 2.67. The van der Waals surface area contributed by atoms with E-state index in [2.05, 4.69) is 32.4 Å². The molecule has 2 heterocycles. The zero-order valence-corrected chi connectivity index (χ0v) is 14.2. The van der Waals surface area contributed by atoms with E-state index in [0.717, 1.165) is 37.6 Å². The molecule has 0 unspecified atom stereocenters. The van der Waals surface area contributed by atoms with Crippen LogP contribution in [-0.2, 0) is 11.2 Å². The highest BCUT2D eigenvalue weighted by Crippen LogP contribution is 2.14. The molecule has 126 valence electrons. The van der Waals surface area contributed by atoms with Crippen molar-refractivity contribution in [2.24, 2.45) is 0 Å². The molecule has 1 N–H and O–H groups in total. The van der Waals surface area contributed by atoms with Crippen LogP contribution in [0, 0.1) is 6.92 Å². The maximum Gasteiger partial charge on any atom is 0.229 e. The summed E-state index contributed by atoms with van der Waals surface area (Å²) in [6.45, 7) is 5.98. The Kier molecular flexibility index (Phi) is 5.05. The molecule has 1 amide bonds. The van der Waals surface area contributed by atoms with Gasteiger partial charge in [-0.1, -0.05) is 29.8 Å². The summed E-state index contributed by atoms with van der Waals surface area (Å²) < 4.78 is 0. The predicted octanol–water partition coefficient (Wildman–Crippen LogP) is 1.72. The fraction of sp³-hybridized carbons (Fsp3) is 0.389. The molecular weight excluding hydrogens is 302 g/mol. The number of carbonyl (C=O) groups excluding carboxylic acids is 1. The zero-order valence-electron chi connectivity index (χ0n) is 14.2. The molecule has 1 saturated heterocycles. The molecule has 1 aliphatic heterocycles. The Balaban J connectivity index is 1.55. The number of piperazine rings is 1. The SMILES string of the molecule is Cc1ccc(CC(=O)Nc2ccc(N3CCN(C)CC3)nn2)cc1. The summed E-state index contributed by atoms with van der Waals surface area (Å²) in [5.41, 5.74) is 2.17. The second-order valence-electron chi connectivity index (χ2n) is 6.28. The van der Waals surface area contributed by atoms with Gasteiger partial charge in [0.05, 0.1) is 6.42 Å². The summed E-state index contributed by atoms with van der Waals surface area (Å²) in [7, 11) is 2.12. The van der Waals surface area contributed by atoms with Gasteiger partial charge in [-0.05, 0) is 31.7 Å². The van der Waals surface area contributed by atoms with Crippen molar-refractivity contribution in [3.05, 3.63) is 47.5 Å². The Hall–Kier alpha value is -2.47. The molecule has 0 radical (unpaired) electrons. The van der Waals surface area contributed by atoms with Crippen LogP contribution in [0.5, 0.6) is 0 Å². The summed E-state index contributed by atoms with van der Waals surface area (Å²) >= 11 is 0. The lowest BCUT2D eigenvalue weighted by molar-refractivity contribution is -0.115. The second-order valence-corrected chi connectivity index (χ2v) is 6.28. The molecular formula is C18H23N5O. The van der Waals surface area contributed by atoms with Crippen molar-refractivity contribution in [1.82, 2.24) is 15.1 Å². The molecule has 24 heavy (non-hydrogen) atoms. The minimum Gasteiger partial charge on any atom is -0.353 e. The van der Waals surface area contributed by atoms with Gasteiger partial charge in [0.15, 0.2) is 11.6 Å². The van der Waals surface area contributed by atoms with E-state index in [-0.39, 0.29) is 5.91 Å². The number of carbonyl (C=O) groups is 1. The summed E-state index contributed by atoms with van der Waals surface area (Å²) in [6, 6.07) is 11.7. The normalized spacial score (nSPS) is 15.3. The van der Waals surface area contributed by atoms with Crippen molar-refractivity contribution < 1.29 is 4.79 Å². The van der Waals surface area contributed by atoms with Crippen molar-refractivity contribution >= 4 is 17.5 Å². The number of aryl methyl sites for hydroxylation is 1. The first-order valence-electron chi connectivity index (χ1n) is 8.23. The predicted molar refractivity (Wildman–Crippen MR) is 95.3 cm³/mol. The third kappa shape index (κ3) is 4.29. The van der Waals surface area contributed by atoms with E-state index in [1.807, 2.05) is 43.3 Å². The lowest BCUT2D eigenvalue weighted by Crippen LogP contribution is -2.44. The molecule has 6 heteroatoms. The van der Waals surface area contributed by atoms with Crippen LogP contribution in [0.25, 0.3) is 0 Å². The van der Waals surface area contributed by atoms with Gasteiger partial charge < -0.3 is 15.1 Å². The first-order valence-corrected chi connectivity index (χ1v) is 8.23. The number of amides is 1. The number of nitrogens with one attached hydrogen (secondary N) is 1. The van der Waals surface area contributed by atoms with E-state index in [1.54, 1.807) is 0 Å². The molecule has 1 aromatic heterocycles. The van der Waals surface area contributed by atoms with Gasteiger partial charge in [-0.15, -0.1) is 10.2 Å². The quantitative estimate of drug-likeness (QED) is 0.927. The highest BCUT2D eigenvalue weighted by atomic mass is 16.1. The maximum absolute atomic E-state index is 12.1. The van der Waals surface area contributed by atoms with Gasteiger partial charge in [0.2, 0.25) is 5.91 Å². The van der Waals surface area contributed by atoms with Crippen molar-refractivity contribution in [3.8, 4) is 0 Å². The van der Waals surface area contributed by atoms with Crippen molar-refractivity contribution in [3.63, 3.8) is 0 Å². The van der Waals surface area contributed by atoms with Crippen LogP contribution in [0.15, 0.2) is 36.4 Å². The number of hydrogen-bond acceptors (Lipinski definition) is 5. The van der Waals surface area contributed by atoms with Gasteiger partial charge in [-0.3, -0.25) is 4.79 Å². The molecule has 0 aliphatic carbocycles. The van der Waals surface area contributed by atoms with Gasteiger partial charge >= 0.3 is 0 Å². The van der Waals surface area contributed by atoms with Crippen LogP contribution >= 0.6 is 0 Å². The van der Waals surface area contributed by atoms with Gasteiger partial charge in [-0.25, -0.2) is 0 Å². The Labute approximate surface area is 142 Å². The van der Waals surface area contributed by atoms with Crippen LogP contribution in [0.3, 0.4) is 0 Å². The average molecular weight is 325 g/mol. The third-order valence-corrected chi connectivity index (χ3v) is 4.23. The maximum atomic E-state index is 12.1. The van der Waals surface area contributed by atoms with E-state index >= 15 is 0 Å². The Bertz CT molecular complexity index is 676. The van der Waals surface area contributed by atoms with E-state index < -0.39 is 0 Å². The summed E-state index contributed by atoms with van der Waals surface area (Å²) in [6.07, 6.45) is 0.335. The lowest BCUT2D eigenvalue weighted by Gasteiger charge is -2.32. The number of likely N-dealkylation sites (N-methyl/N-ethyl adjacent to an activating group) is 1.